The second-order valence-electron chi connectivity index (χ2n) is 6.68. The number of hydrogen-bond acceptors (Lipinski definition) is 3. The maximum Gasteiger partial charge on any atom is 0.261 e. The molecule has 0 unspecified atom stereocenters. The normalized spacial score (nSPS) is 11.2. The van der Waals surface area contributed by atoms with Crippen LogP contribution in [0.15, 0.2) is 71.6 Å². The first kappa shape index (κ1) is 19.0. The molecule has 0 heterocycles. The summed E-state index contributed by atoms with van der Waals surface area (Å²) in [6, 6.07) is 20.4. The highest BCUT2D eigenvalue weighted by Crippen LogP contribution is 2.23. The average Bonchev–Trinajstić information content (AvgIpc) is 2.64. The standard InChI is InChI=1S/C22H24N2O2S/c1-16-11-13-20(14-12-16)27(25,26)24-22-9-5-4-8-19(22)15-23-21-10-6-7-17(2)18(21)3/h4-14,23-24H,15H2,1-3H3. The molecule has 0 saturated heterocycles. The highest BCUT2D eigenvalue weighted by molar-refractivity contribution is 7.92. The SMILES string of the molecule is Cc1ccc(S(=O)(=O)Nc2ccccc2CNc2cccc(C)c2C)cc1. The van der Waals surface area contributed by atoms with Gasteiger partial charge in [0.25, 0.3) is 10.0 Å². The van der Waals surface area contributed by atoms with Gasteiger partial charge in [-0.2, -0.15) is 0 Å². The average molecular weight is 381 g/mol. The summed E-state index contributed by atoms with van der Waals surface area (Å²) >= 11 is 0. The third-order valence-corrected chi connectivity index (χ3v) is 6.05. The molecule has 5 heteroatoms. The molecular weight excluding hydrogens is 356 g/mol. The number of anilines is 2. The molecule has 0 spiro atoms. The van der Waals surface area contributed by atoms with Crippen LogP contribution in [-0.4, -0.2) is 8.42 Å². The van der Waals surface area contributed by atoms with Crippen LogP contribution in [0.1, 0.15) is 22.3 Å². The largest absolute Gasteiger partial charge is 0.381 e. The number of hydrogen-bond donors (Lipinski definition) is 2. The molecule has 2 N–H and O–H groups in total. The molecule has 3 aromatic carbocycles. The maximum absolute atomic E-state index is 12.7. The van der Waals surface area contributed by atoms with Crippen LogP contribution in [0.4, 0.5) is 11.4 Å². The minimum Gasteiger partial charge on any atom is -0.381 e. The third kappa shape index (κ3) is 4.49. The summed E-state index contributed by atoms with van der Waals surface area (Å²) in [5, 5.41) is 3.41. The Kier molecular flexibility index (Phi) is 5.51. The van der Waals surface area contributed by atoms with E-state index in [2.05, 4.69) is 30.0 Å². The van der Waals surface area contributed by atoms with Crippen LogP contribution in [0.25, 0.3) is 0 Å². The Morgan fingerprint density at radius 1 is 0.778 bits per heavy atom. The number of nitrogens with one attached hydrogen (secondary N) is 2. The Bertz CT molecular complexity index is 1040. The first-order chi connectivity index (χ1) is 12.9. The molecule has 3 aromatic rings. The van der Waals surface area contributed by atoms with Gasteiger partial charge in [-0.05, 0) is 61.7 Å². The molecule has 0 aliphatic carbocycles. The molecular formula is C22H24N2O2S. The Hall–Kier alpha value is -2.79. The van der Waals surface area contributed by atoms with Gasteiger partial charge in [0.15, 0.2) is 0 Å². The first-order valence-corrected chi connectivity index (χ1v) is 10.3. The van der Waals surface area contributed by atoms with Gasteiger partial charge in [-0.25, -0.2) is 8.42 Å². The fourth-order valence-electron chi connectivity index (χ4n) is 2.83. The Morgan fingerprint density at radius 2 is 1.44 bits per heavy atom. The van der Waals surface area contributed by atoms with Gasteiger partial charge in [0.05, 0.1) is 10.6 Å². The van der Waals surface area contributed by atoms with Crippen LogP contribution in [-0.2, 0) is 16.6 Å². The molecule has 0 fully saturated rings. The fourth-order valence-corrected chi connectivity index (χ4v) is 3.93. The molecule has 0 aliphatic rings. The van der Waals surface area contributed by atoms with Crippen molar-refractivity contribution in [1.29, 1.82) is 0 Å². The number of para-hydroxylation sites is 1. The molecule has 0 radical (unpaired) electrons. The summed E-state index contributed by atoms with van der Waals surface area (Å²) < 4.78 is 28.1. The van der Waals surface area contributed by atoms with Crippen molar-refractivity contribution in [2.45, 2.75) is 32.2 Å². The van der Waals surface area contributed by atoms with E-state index in [9.17, 15) is 8.42 Å². The topological polar surface area (TPSA) is 58.2 Å². The van der Waals surface area contributed by atoms with Crippen LogP contribution >= 0.6 is 0 Å². The first-order valence-electron chi connectivity index (χ1n) is 8.84. The Labute approximate surface area is 161 Å². The Balaban J connectivity index is 1.81. The number of rotatable bonds is 6. The van der Waals surface area contributed by atoms with Crippen molar-refractivity contribution < 1.29 is 8.42 Å². The second-order valence-corrected chi connectivity index (χ2v) is 8.36. The van der Waals surface area contributed by atoms with Gasteiger partial charge in [0, 0.05) is 12.2 Å². The lowest BCUT2D eigenvalue weighted by atomic mass is 10.1. The van der Waals surface area contributed by atoms with Gasteiger partial charge in [-0.1, -0.05) is 48.0 Å². The van der Waals surface area contributed by atoms with Crippen LogP contribution < -0.4 is 10.0 Å². The van der Waals surface area contributed by atoms with Crippen molar-refractivity contribution >= 4 is 21.4 Å². The highest BCUT2D eigenvalue weighted by Gasteiger charge is 2.15. The van der Waals surface area contributed by atoms with Crippen molar-refractivity contribution in [1.82, 2.24) is 0 Å². The quantitative estimate of drug-likeness (QED) is 0.631. The van der Waals surface area contributed by atoms with Crippen molar-refractivity contribution in [3.63, 3.8) is 0 Å². The van der Waals surface area contributed by atoms with Gasteiger partial charge < -0.3 is 5.32 Å². The summed E-state index contributed by atoms with van der Waals surface area (Å²) in [5.74, 6) is 0. The predicted molar refractivity (Wildman–Crippen MR) is 112 cm³/mol. The number of sulfonamides is 1. The lowest BCUT2D eigenvalue weighted by Gasteiger charge is -2.15. The molecule has 4 nitrogen and oxygen atoms in total. The monoisotopic (exact) mass is 380 g/mol. The summed E-state index contributed by atoms with van der Waals surface area (Å²) in [5.41, 5.74) is 5.94. The van der Waals surface area contributed by atoms with Crippen molar-refractivity contribution in [2.24, 2.45) is 0 Å². The third-order valence-electron chi connectivity index (χ3n) is 4.67. The van der Waals surface area contributed by atoms with Crippen molar-refractivity contribution in [3.8, 4) is 0 Å². The zero-order valence-corrected chi connectivity index (χ0v) is 16.6. The smallest absolute Gasteiger partial charge is 0.261 e. The minimum absolute atomic E-state index is 0.255. The molecule has 0 aromatic heterocycles. The van der Waals surface area contributed by atoms with Gasteiger partial charge in [-0.15, -0.1) is 0 Å². The van der Waals surface area contributed by atoms with Gasteiger partial charge >= 0.3 is 0 Å². The van der Waals surface area contributed by atoms with Crippen molar-refractivity contribution in [2.75, 3.05) is 10.0 Å². The summed E-state index contributed by atoms with van der Waals surface area (Å²) in [4.78, 5) is 0.255. The van der Waals surface area contributed by atoms with Crippen LogP contribution in [0, 0.1) is 20.8 Å². The lowest BCUT2D eigenvalue weighted by molar-refractivity contribution is 0.601. The molecule has 140 valence electrons. The molecule has 0 aliphatic heterocycles. The van der Waals surface area contributed by atoms with Crippen molar-refractivity contribution in [3.05, 3.63) is 89.0 Å². The van der Waals surface area contributed by atoms with Gasteiger partial charge in [0.2, 0.25) is 0 Å². The number of aryl methyl sites for hydroxylation is 2. The van der Waals surface area contributed by atoms with E-state index < -0.39 is 10.0 Å². The van der Waals surface area contributed by atoms with E-state index in [-0.39, 0.29) is 4.90 Å². The fraction of sp³-hybridized carbons (Fsp3) is 0.182. The van der Waals surface area contributed by atoms with E-state index in [4.69, 9.17) is 0 Å². The van der Waals surface area contributed by atoms with E-state index in [0.29, 0.717) is 12.2 Å². The van der Waals surface area contributed by atoms with E-state index in [1.807, 2.05) is 37.3 Å². The zero-order chi connectivity index (χ0) is 19.4. The Morgan fingerprint density at radius 3 is 2.19 bits per heavy atom. The van der Waals surface area contributed by atoms with Crippen LogP contribution in [0.5, 0.6) is 0 Å². The molecule has 0 amide bonds. The van der Waals surface area contributed by atoms with Crippen LogP contribution in [0.2, 0.25) is 0 Å². The highest BCUT2D eigenvalue weighted by atomic mass is 32.2. The lowest BCUT2D eigenvalue weighted by Crippen LogP contribution is -2.15. The number of benzene rings is 3. The molecule has 0 atom stereocenters. The van der Waals surface area contributed by atoms with Gasteiger partial charge in [-0.3, -0.25) is 4.72 Å². The van der Waals surface area contributed by atoms with E-state index in [1.54, 1.807) is 30.3 Å². The zero-order valence-electron chi connectivity index (χ0n) is 15.8. The van der Waals surface area contributed by atoms with E-state index >= 15 is 0 Å². The summed E-state index contributed by atoms with van der Waals surface area (Å²) in [7, 11) is -3.63. The minimum atomic E-state index is -3.63. The maximum atomic E-state index is 12.7. The summed E-state index contributed by atoms with van der Waals surface area (Å²) in [6.45, 7) is 6.60. The van der Waals surface area contributed by atoms with Gasteiger partial charge in [0.1, 0.15) is 0 Å². The summed E-state index contributed by atoms with van der Waals surface area (Å²) in [6.07, 6.45) is 0. The molecule has 0 bridgehead atoms. The second kappa shape index (κ2) is 7.84. The molecule has 27 heavy (non-hydrogen) atoms. The van der Waals surface area contributed by atoms with E-state index in [1.165, 1.54) is 11.1 Å². The molecule has 0 saturated carbocycles. The van der Waals surface area contributed by atoms with E-state index in [0.717, 1.165) is 16.8 Å². The molecule has 3 rings (SSSR count). The van der Waals surface area contributed by atoms with Crippen LogP contribution in [0.3, 0.4) is 0 Å². The predicted octanol–water partition coefficient (Wildman–Crippen LogP) is 5.02.